The van der Waals surface area contributed by atoms with Gasteiger partial charge in [0.2, 0.25) is 0 Å². The van der Waals surface area contributed by atoms with Crippen LogP contribution in [0.3, 0.4) is 0 Å². The molecule has 3 aliphatic heterocycles. The van der Waals surface area contributed by atoms with Gasteiger partial charge in [-0.1, -0.05) is 18.6 Å². The van der Waals surface area contributed by atoms with Crippen LogP contribution in [0.1, 0.15) is 31.2 Å². The highest BCUT2D eigenvalue weighted by Gasteiger charge is 2.61. The van der Waals surface area contributed by atoms with Gasteiger partial charge in [-0.3, -0.25) is 4.90 Å². The van der Waals surface area contributed by atoms with E-state index in [1.54, 1.807) is 13.2 Å². The molecule has 1 aromatic carbocycles. The van der Waals surface area contributed by atoms with E-state index in [0.29, 0.717) is 12.1 Å². The minimum Gasteiger partial charge on any atom is -0.497 e. The molecule has 4 aliphatic rings. The molecule has 4 heteroatoms. The number of rotatable bonds is 2. The number of esters is 1. The predicted molar refractivity (Wildman–Crippen MR) is 90.6 cm³/mol. The maximum absolute atomic E-state index is 12.0. The van der Waals surface area contributed by atoms with E-state index < -0.39 is 5.60 Å². The topological polar surface area (TPSA) is 38.8 Å². The Hall–Kier alpha value is -2.07. The minimum atomic E-state index is -0.391. The average Bonchev–Trinajstić information content (AvgIpc) is 3.10. The second-order valence-corrected chi connectivity index (χ2v) is 7.21. The molecular formula is C20H21NO3. The van der Waals surface area contributed by atoms with Gasteiger partial charge in [0.25, 0.3) is 0 Å². The Morgan fingerprint density at radius 2 is 2.04 bits per heavy atom. The molecule has 1 spiro atoms. The Bertz CT molecular complexity index is 764. The van der Waals surface area contributed by atoms with Gasteiger partial charge >= 0.3 is 5.97 Å². The molecule has 1 aromatic rings. The molecule has 0 radical (unpaired) electrons. The number of methoxy groups -OCH3 is 1. The number of carbonyl (C=O) groups is 1. The van der Waals surface area contributed by atoms with E-state index in [9.17, 15) is 4.79 Å². The first-order valence-corrected chi connectivity index (χ1v) is 8.78. The second kappa shape index (κ2) is 4.96. The third-order valence-corrected chi connectivity index (χ3v) is 6.12. The SMILES string of the molecule is COc1ccc(C2=CC3=CC(=O)O[C@@]34C[C@@H]2N2CCCC[C@@H]24)cc1. The van der Waals surface area contributed by atoms with Gasteiger partial charge in [0.1, 0.15) is 5.75 Å². The number of fused-ring (bicyclic) bond motifs is 3. The number of nitrogens with zero attached hydrogens (tertiary/aromatic N) is 1. The lowest BCUT2D eigenvalue weighted by Crippen LogP contribution is -2.48. The molecule has 124 valence electrons. The van der Waals surface area contributed by atoms with Crippen LogP contribution in [0, 0.1) is 0 Å². The molecule has 24 heavy (non-hydrogen) atoms. The van der Waals surface area contributed by atoms with Crippen molar-refractivity contribution in [3.05, 3.63) is 47.6 Å². The number of ether oxygens (including phenoxy) is 2. The number of piperidine rings is 1. The number of hydrogen-bond acceptors (Lipinski definition) is 4. The lowest BCUT2D eigenvalue weighted by atomic mass is 9.77. The van der Waals surface area contributed by atoms with E-state index in [0.717, 1.165) is 30.7 Å². The molecule has 3 heterocycles. The summed E-state index contributed by atoms with van der Waals surface area (Å²) in [6.07, 6.45) is 8.37. The highest BCUT2D eigenvalue weighted by Crippen LogP contribution is 2.55. The Balaban J connectivity index is 1.62. The third-order valence-electron chi connectivity index (χ3n) is 6.12. The fourth-order valence-corrected chi connectivity index (χ4v) is 5.08. The molecule has 2 saturated heterocycles. The standard InChI is InChI=1S/C20H21NO3/c1-23-15-7-5-13(6-8-15)16-10-14-11-19(22)24-20(14)12-17(16)21-9-3-2-4-18(20)21/h5-8,10-11,17-18H,2-4,9,12H2,1H3/t17-,18+,20-/m0/s1. The molecule has 3 atom stereocenters. The summed E-state index contributed by atoms with van der Waals surface area (Å²) in [7, 11) is 1.69. The van der Waals surface area contributed by atoms with E-state index in [-0.39, 0.29) is 5.97 Å². The molecule has 0 aromatic heterocycles. The van der Waals surface area contributed by atoms with E-state index >= 15 is 0 Å². The molecule has 0 saturated carbocycles. The van der Waals surface area contributed by atoms with Crippen LogP contribution in [0.25, 0.3) is 5.57 Å². The minimum absolute atomic E-state index is 0.177. The number of benzene rings is 1. The van der Waals surface area contributed by atoms with Gasteiger partial charge in [-0.05, 0) is 48.7 Å². The van der Waals surface area contributed by atoms with Crippen molar-refractivity contribution < 1.29 is 14.3 Å². The monoisotopic (exact) mass is 323 g/mol. The first-order valence-electron chi connectivity index (χ1n) is 8.78. The molecule has 5 rings (SSSR count). The van der Waals surface area contributed by atoms with E-state index in [4.69, 9.17) is 9.47 Å². The van der Waals surface area contributed by atoms with Crippen molar-refractivity contribution in [2.45, 2.75) is 43.4 Å². The summed E-state index contributed by atoms with van der Waals surface area (Å²) in [4.78, 5) is 14.6. The van der Waals surface area contributed by atoms with Crippen LogP contribution in [0.2, 0.25) is 0 Å². The average molecular weight is 323 g/mol. The Kier molecular flexibility index (Phi) is 2.95. The Morgan fingerprint density at radius 1 is 1.21 bits per heavy atom. The quantitative estimate of drug-likeness (QED) is 0.785. The summed E-state index contributed by atoms with van der Waals surface area (Å²) in [5, 5.41) is 0. The van der Waals surface area contributed by atoms with Crippen molar-refractivity contribution >= 4 is 11.5 Å². The van der Waals surface area contributed by atoms with E-state index in [2.05, 4.69) is 23.1 Å². The summed E-state index contributed by atoms with van der Waals surface area (Å²) in [5.41, 5.74) is 3.20. The lowest BCUT2D eigenvalue weighted by molar-refractivity contribution is -0.148. The van der Waals surface area contributed by atoms with Gasteiger partial charge in [-0.15, -0.1) is 0 Å². The zero-order chi connectivity index (χ0) is 16.3. The molecule has 2 fully saturated rings. The fraction of sp³-hybridized carbons (Fsp3) is 0.450. The van der Waals surface area contributed by atoms with Gasteiger partial charge in [0, 0.05) is 24.1 Å². The second-order valence-electron chi connectivity index (χ2n) is 7.21. The van der Waals surface area contributed by atoms with Crippen LogP contribution in [-0.2, 0) is 9.53 Å². The van der Waals surface area contributed by atoms with Crippen LogP contribution in [-0.4, -0.2) is 42.2 Å². The summed E-state index contributed by atoms with van der Waals surface area (Å²) in [6, 6.07) is 8.92. The van der Waals surface area contributed by atoms with Gasteiger partial charge in [-0.25, -0.2) is 4.79 Å². The summed E-state index contributed by atoms with van der Waals surface area (Å²) in [6.45, 7) is 1.09. The van der Waals surface area contributed by atoms with Crippen LogP contribution in [0.15, 0.2) is 42.0 Å². The molecule has 1 aliphatic carbocycles. The Morgan fingerprint density at radius 3 is 2.83 bits per heavy atom. The highest BCUT2D eigenvalue weighted by atomic mass is 16.6. The molecule has 0 N–H and O–H groups in total. The molecule has 4 nitrogen and oxygen atoms in total. The fourth-order valence-electron chi connectivity index (χ4n) is 5.08. The van der Waals surface area contributed by atoms with Crippen molar-refractivity contribution in [1.29, 1.82) is 0 Å². The van der Waals surface area contributed by atoms with Gasteiger partial charge < -0.3 is 9.47 Å². The zero-order valence-electron chi connectivity index (χ0n) is 13.8. The Labute approximate surface area is 141 Å². The van der Waals surface area contributed by atoms with Crippen molar-refractivity contribution in [3.8, 4) is 5.75 Å². The first-order chi connectivity index (χ1) is 11.7. The van der Waals surface area contributed by atoms with Crippen molar-refractivity contribution in [1.82, 2.24) is 4.90 Å². The predicted octanol–water partition coefficient (Wildman–Crippen LogP) is 2.94. The third kappa shape index (κ3) is 1.80. The van der Waals surface area contributed by atoms with Crippen LogP contribution in [0.4, 0.5) is 0 Å². The van der Waals surface area contributed by atoms with Gasteiger partial charge in [0.05, 0.1) is 13.2 Å². The van der Waals surface area contributed by atoms with Crippen molar-refractivity contribution in [2.75, 3.05) is 13.7 Å². The largest absolute Gasteiger partial charge is 0.497 e. The van der Waals surface area contributed by atoms with E-state index in [1.807, 2.05) is 12.1 Å². The molecule has 2 bridgehead atoms. The van der Waals surface area contributed by atoms with E-state index in [1.165, 1.54) is 24.0 Å². The molecule has 0 amide bonds. The maximum Gasteiger partial charge on any atom is 0.332 e. The first kappa shape index (κ1) is 14.3. The zero-order valence-corrected chi connectivity index (χ0v) is 13.8. The maximum atomic E-state index is 12.0. The lowest BCUT2D eigenvalue weighted by Gasteiger charge is -2.37. The molecule has 0 unspecified atom stereocenters. The van der Waals surface area contributed by atoms with Crippen LogP contribution >= 0.6 is 0 Å². The smallest absolute Gasteiger partial charge is 0.332 e. The highest BCUT2D eigenvalue weighted by molar-refractivity contribution is 5.91. The van der Waals surface area contributed by atoms with Gasteiger partial charge in [-0.2, -0.15) is 0 Å². The summed E-state index contributed by atoms with van der Waals surface area (Å²) >= 11 is 0. The molecular weight excluding hydrogens is 302 g/mol. The summed E-state index contributed by atoms with van der Waals surface area (Å²) in [5.74, 6) is 0.689. The van der Waals surface area contributed by atoms with Crippen LogP contribution < -0.4 is 4.74 Å². The van der Waals surface area contributed by atoms with Crippen molar-refractivity contribution in [3.63, 3.8) is 0 Å². The number of hydrogen-bond donors (Lipinski definition) is 0. The van der Waals surface area contributed by atoms with Crippen molar-refractivity contribution in [2.24, 2.45) is 0 Å². The normalized spacial score (nSPS) is 34.1. The van der Waals surface area contributed by atoms with Gasteiger partial charge in [0.15, 0.2) is 5.60 Å². The summed E-state index contributed by atoms with van der Waals surface area (Å²) < 4.78 is 11.2. The number of carbonyl (C=O) groups excluding carboxylic acids is 1. The van der Waals surface area contributed by atoms with Crippen LogP contribution in [0.5, 0.6) is 5.75 Å².